The molecule has 0 aliphatic heterocycles. The molecule has 0 atom stereocenters. The molecule has 12 heavy (non-hydrogen) atoms. The summed E-state index contributed by atoms with van der Waals surface area (Å²) in [6, 6.07) is 1.98. The van der Waals surface area contributed by atoms with Gasteiger partial charge < -0.3 is 4.42 Å². The topological polar surface area (TPSA) is 13.1 Å². The SMILES string of the molecule is CC1=CC[C]=C1c1occc1C. The highest BCUT2D eigenvalue weighted by Crippen LogP contribution is 2.30. The summed E-state index contributed by atoms with van der Waals surface area (Å²) in [6.45, 7) is 4.15. The lowest BCUT2D eigenvalue weighted by Crippen LogP contribution is -1.82. The van der Waals surface area contributed by atoms with Crippen LogP contribution in [0.3, 0.4) is 0 Å². The van der Waals surface area contributed by atoms with E-state index in [1.54, 1.807) is 6.26 Å². The number of allylic oxidation sites excluding steroid dienone is 4. The molecule has 0 fully saturated rings. The Balaban J connectivity index is 2.44. The summed E-state index contributed by atoms with van der Waals surface area (Å²) in [5, 5.41) is 0. The molecule has 0 unspecified atom stereocenters. The monoisotopic (exact) mass is 159 g/mol. The van der Waals surface area contributed by atoms with Crippen molar-refractivity contribution < 1.29 is 4.42 Å². The summed E-state index contributed by atoms with van der Waals surface area (Å²) in [6.07, 6.45) is 8.09. The molecule has 1 aliphatic rings. The number of aryl methyl sites for hydroxylation is 1. The van der Waals surface area contributed by atoms with E-state index in [1.807, 2.05) is 6.07 Å². The van der Waals surface area contributed by atoms with Crippen molar-refractivity contribution in [1.82, 2.24) is 0 Å². The van der Waals surface area contributed by atoms with Crippen molar-refractivity contribution in [2.24, 2.45) is 0 Å². The van der Waals surface area contributed by atoms with Gasteiger partial charge in [0, 0.05) is 5.57 Å². The molecule has 1 heterocycles. The quantitative estimate of drug-likeness (QED) is 0.613. The van der Waals surface area contributed by atoms with Gasteiger partial charge in [-0.15, -0.1) is 0 Å². The number of furan rings is 1. The normalized spacial score (nSPS) is 16.2. The molecule has 2 rings (SSSR count). The minimum absolute atomic E-state index is 0.918. The van der Waals surface area contributed by atoms with Crippen molar-refractivity contribution in [2.45, 2.75) is 20.3 Å². The maximum atomic E-state index is 5.38. The van der Waals surface area contributed by atoms with Gasteiger partial charge in [-0.25, -0.2) is 0 Å². The molecule has 1 nitrogen and oxygen atoms in total. The summed E-state index contributed by atoms with van der Waals surface area (Å²) in [4.78, 5) is 0. The Kier molecular flexibility index (Phi) is 1.65. The Morgan fingerprint density at radius 3 is 2.75 bits per heavy atom. The van der Waals surface area contributed by atoms with Crippen molar-refractivity contribution in [3.05, 3.63) is 41.4 Å². The van der Waals surface area contributed by atoms with E-state index in [-0.39, 0.29) is 0 Å². The van der Waals surface area contributed by atoms with Crippen LogP contribution in [0.5, 0.6) is 0 Å². The van der Waals surface area contributed by atoms with Gasteiger partial charge in [0.1, 0.15) is 5.76 Å². The van der Waals surface area contributed by atoms with Gasteiger partial charge in [-0.05, 0) is 43.5 Å². The Labute approximate surface area is 72.4 Å². The van der Waals surface area contributed by atoms with Crippen LogP contribution >= 0.6 is 0 Å². The largest absolute Gasteiger partial charge is 0.464 e. The van der Waals surface area contributed by atoms with Gasteiger partial charge in [0.25, 0.3) is 0 Å². The van der Waals surface area contributed by atoms with Crippen LogP contribution in [-0.2, 0) is 0 Å². The molecule has 0 spiro atoms. The molecular formula is C11H11O. The van der Waals surface area contributed by atoms with E-state index in [0.29, 0.717) is 0 Å². The molecule has 0 aromatic carbocycles. The Morgan fingerprint density at radius 1 is 1.42 bits per heavy atom. The van der Waals surface area contributed by atoms with E-state index in [2.05, 4.69) is 26.0 Å². The predicted octanol–water partition coefficient (Wildman–Crippen LogP) is 3.12. The fraction of sp³-hybridized carbons (Fsp3) is 0.273. The van der Waals surface area contributed by atoms with Crippen molar-refractivity contribution in [2.75, 3.05) is 0 Å². The van der Waals surface area contributed by atoms with E-state index in [9.17, 15) is 0 Å². The maximum Gasteiger partial charge on any atom is 0.137 e. The summed E-state index contributed by atoms with van der Waals surface area (Å²) in [5.74, 6) is 0.973. The van der Waals surface area contributed by atoms with Gasteiger partial charge in [0.2, 0.25) is 0 Å². The zero-order chi connectivity index (χ0) is 8.55. The second kappa shape index (κ2) is 2.67. The van der Waals surface area contributed by atoms with Gasteiger partial charge in [-0.3, -0.25) is 0 Å². The molecule has 1 aromatic heterocycles. The van der Waals surface area contributed by atoms with Gasteiger partial charge in [0.15, 0.2) is 0 Å². The summed E-state index contributed by atoms with van der Waals surface area (Å²) < 4.78 is 5.38. The van der Waals surface area contributed by atoms with Crippen LogP contribution in [0.25, 0.3) is 5.57 Å². The second-order valence-electron chi connectivity index (χ2n) is 3.08. The van der Waals surface area contributed by atoms with Crippen molar-refractivity contribution in [3.8, 4) is 0 Å². The number of hydrogen-bond donors (Lipinski definition) is 0. The van der Waals surface area contributed by atoms with Gasteiger partial charge in [-0.1, -0.05) is 6.08 Å². The van der Waals surface area contributed by atoms with E-state index in [4.69, 9.17) is 4.42 Å². The number of rotatable bonds is 1. The molecule has 1 radical (unpaired) electrons. The average Bonchev–Trinajstić information content (AvgIpc) is 2.59. The Bertz CT molecular complexity index is 353. The molecule has 0 N–H and O–H groups in total. The smallest absolute Gasteiger partial charge is 0.137 e. The minimum Gasteiger partial charge on any atom is -0.464 e. The molecule has 1 aromatic rings. The first-order valence-electron chi connectivity index (χ1n) is 4.11. The molecule has 0 bridgehead atoms. The molecule has 1 aliphatic carbocycles. The van der Waals surface area contributed by atoms with Crippen LogP contribution in [0.4, 0.5) is 0 Å². The first-order chi connectivity index (χ1) is 5.79. The average molecular weight is 159 g/mol. The first kappa shape index (κ1) is 7.41. The lowest BCUT2D eigenvalue weighted by molar-refractivity contribution is 0.551. The van der Waals surface area contributed by atoms with E-state index >= 15 is 0 Å². The van der Waals surface area contributed by atoms with E-state index in [1.165, 1.54) is 11.1 Å². The van der Waals surface area contributed by atoms with Crippen LogP contribution in [-0.4, -0.2) is 0 Å². The third-order valence-corrected chi connectivity index (χ3v) is 2.17. The highest BCUT2D eigenvalue weighted by atomic mass is 16.3. The molecular weight excluding hydrogens is 148 g/mol. The highest BCUT2D eigenvalue weighted by Gasteiger charge is 2.13. The van der Waals surface area contributed by atoms with Gasteiger partial charge in [0.05, 0.1) is 6.26 Å². The molecule has 0 saturated carbocycles. The lowest BCUT2D eigenvalue weighted by atomic mass is 10.1. The van der Waals surface area contributed by atoms with Crippen molar-refractivity contribution in [1.29, 1.82) is 0 Å². The standard InChI is InChI=1S/C11H11O/c1-8-4-3-5-10(8)11-9(2)6-7-12-11/h4,6-7H,3H2,1-2H3. The molecule has 61 valence electrons. The number of hydrogen-bond acceptors (Lipinski definition) is 1. The summed E-state index contributed by atoms with van der Waals surface area (Å²) in [7, 11) is 0. The predicted molar refractivity (Wildman–Crippen MR) is 48.5 cm³/mol. The summed E-state index contributed by atoms with van der Waals surface area (Å²) in [5.41, 5.74) is 3.60. The van der Waals surface area contributed by atoms with E-state index < -0.39 is 0 Å². The third-order valence-electron chi connectivity index (χ3n) is 2.17. The maximum absolute atomic E-state index is 5.38. The lowest BCUT2D eigenvalue weighted by Gasteiger charge is -2.00. The molecule has 0 amide bonds. The van der Waals surface area contributed by atoms with Crippen LogP contribution in [0.1, 0.15) is 24.7 Å². The first-order valence-corrected chi connectivity index (χ1v) is 4.11. The Hall–Kier alpha value is -1.24. The Morgan fingerprint density at radius 2 is 2.25 bits per heavy atom. The van der Waals surface area contributed by atoms with Crippen LogP contribution < -0.4 is 0 Å². The van der Waals surface area contributed by atoms with Crippen molar-refractivity contribution >= 4 is 5.57 Å². The third kappa shape index (κ3) is 1.02. The van der Waals surface area contributed by atoms with Crippen LogP contribution in [0.15, 0.2) is 28.4 Å². The van der Waals surface area contributed by atoms with E-state index in [0.717, 1.165) is 17.8 Å². The van der Waals surface area contributed by atoms with Gasteiger partial charge in [-0.2, -0.15) is 0 Å². The summed E-state index contributed by atoms with van der Waals surface area (Å²) >= 11 is 0. The highest BCUT2D eigenvalue weighted by molar-refractivity contribution is 5.77. The fourth-order valence-corrected chi connectivity index (χ4v) is 1.44. The zero-order valence-corrected chi connectivity index (χ0v) is 7.35. The minimum atomic E-state index is 0.918. The van der Waals surface area contributed by atoms with Crippen LogP contribution in [0, 0.1) is 13.0 Å². The van der Waals surface area contributed by atoms with Crippen LogP contribution in [0.2, 0.25) is 0 Å². The molecule has 0 saturated heterocycles. The zero-order valence-electron chi connectivity index (χ0n) is 7.35. The second-order valence-corrected chi connectivity index (χ2v) is 3.08. The van der Waals surface area contributed by atoms with Gasteiger partial charge >= 0.3 is 0 Å². The molecule has 1 heteroatoms. The van der Waals surface area contributed by atoms with Crippen molar-refractivity contribution in [3.63, 3.8) is 0 Å². The fourth-order valence-electron chi connectivity index (χ4n) is 1.44.